The van der Waals surface area contributed by atoms with Crippen LogP contribution in [0.3, 0.4) is 0 Å². The van der Waals surface area contributed by atoms with Crippen molar-refractivity contribution < 1.29 is 9.53 Å². The molecular formula is C19H22O2. The summed E-state index contributed by atoms with van der Waals surface area (Å²) in [7, 11) is 0. The van der Waals surface area contributed by atoms with Crippen LogP contribution in [0.2, 0.25) is 0 Å². The van der Waals surface area contributed by atoms with E-state index in [1.807, 2.05) is 51.1 Å². The number of ether oxygens (including phenoxy) is 1. The number of benzene rings is 2. The lowest BCUT2D eigenvalue weighted by atomic mass is 10.0. The highest BCUT2D eigenvalue weighted by molar-refractivity contribution is 5.97. The molecule has 0 unspecified atom stereocenters. The number of rotatable bonds is 5. The number of hydrogen-bond donors (Lipinski definition) is 0. The number of ketones is 1. The predicted molar refractivity (Wildman–Crippen MR) is 86.3 cm³/mol. The van der Waals surface area contributed by atoms with E-state index in [0.717, 1.165) is 23.3 Å². The van der Waals surface area contributed by atoms with Gasteiger partial charge >= 0.3 is 0 Å². The van der Waals surface area contributed by atoms with Crippen molar-refractivity contribution >= 4 is 5.78 Å². The van der Waals surface area contributed by atoms with E-state index in [1.165, 1.54) is 11.1 Å². The Balaban J connectivity index is 2.09. The lowest BCUT2D eigenvalue weighted by Crippen LogP contribution is -2.13. The van der Waals surface area contributed by atoms with Gasteiger partial charge in [0, 0.05) is 5.56 Å². The molecule has 0 aliphatic carbocycles. The second kappa shape index (κ2) is 6.57. The SMILES string of the molecule is CCc1ccc(C(=O)COc2c(C)ccc(C)c2C)cc1. The smallest absolute Gasteiger partial charge is 0.200 e. The summed E-state index contributed by atoms with van der Waals surface area (Å²) >= 11 is 0. The van der Waals surface area contributed by atoms with Gasteiger partial charge in [-0.05, 0) is 49.4 Å². The Morgan fingerprint density at radius 2 is 1.57 bits per heavy atom. The zero-order valence-corrected chi connectivity index (χ0v) is 13.2. The average Bonchev–Trinajstić information content (AvgIpc) is 2.51. The minimum absolute atomic E-state index is 0.0120. The summed E-state index contributed by atoms with van der Waals surface area (Å²) in [5.74, 6) is 0.839. The third-order valence-electron chi connectivity index (χ3n) is 3.91. The van der Waals surface area contributed by atoms with Crippen LogP contribution in [0.25, 0.3) is 0 Å². The molecule has 2 aromatic rings. The van der Waals surface area contributed by atoms with Crippen LogP contribution in [0.4, 0.5) is 0 Å². The quantitative estimate of drug-likeness (QED) is 0.758. The monoisotopic (exact) mass is 282 g/mol. The molecule has 2 rings (SSSR count). The molecule has 2 heteroatoms. The zero-order chi connectivity index (χ0) is 15.4. The Labute approximate surface area is 126 Å². The average molecular weight is 282 g/mol. The van der Waals surface area contributed by atoms with Gasteiger partial charge in [0.05, 0.1) is 0 Å². The first kappa shape index (κ1) is 15.3. The third-order valence-corrected chi connectivity index (χ3v) is 3.91. The summed E-state index contributed by atoms with van der Waals surface area (Å²) in [5, 5.41) is 0. The zero-order valence-electron chi connectivity index (χ0n) is 13.2. The Morgan fingerprint density at radius 3 is 2.19 bits per heavy atom. The van der Waals surface area contributed by atoms with E-state index in [-0.39, 0.29) is 12.4 Å². The molecule has 2 nitrogen and oxygen atoms in total. The molecule has 0 radical (unpaired) electrons. The highest BCUT2D eigenvalue weighted by Gasteiger charge is 2.10. The topological polar surface area (TPSA) is 26.3 Å². The van der Waals surface area contributed by atoms with Crippen molar-refractivity contribution in [3.8, 4) is 5.75 Å². The lowest BCUT2D eigenvalue weighted by Gasteiger charge is -2.13. The van der Waals surface area contributed by atoms with Crippen molar-refractivity contribution in [2.75, 3.05) is 6.61 Å². The van der Waals surface area contributed by atoms with Gasteiger partial charge in [0.2, 0.25) is 0 Å². The van der Waals surface area contributed by atoms with Crippen molar-refractivity contribution in [2.24, 2.45) is 0 Å². The molecule has 0 saturated carbocycles. The van der Waals surface area contributed by atoms with Crippen molar-refractivity contribution in [3.63, 3.8) is 0 Å². The van der Waals surface area contributed by atoms with Gasteiger partial charge < -0.3 is 4.74 Å². The van der Waals surface area contributed by atoms with E-state index in [2.05, 4.69) is 13.0 Å². The van der Waals surface area contributed by atoms with Crippen LogP contribution in [0.15, 0.2) is 36.4 Å². The largest absolute Gasteiger partial charge is 0.485 e. The molecule has 0 fully saturated rings. The van der Waals surface area contributed by atoms with E-state index in [1.54, 1.807) is 0 Å². The van der Waals surface area contributed by atoms with Gasteiger partial charge in [0.1, 0.15) is 5.75 Å². The molecule has 0 amide bonds. The van der Waals surface area contributed by atoms with Crippen LogP contribution in [0.1, 0.15) is 39.5 Å². The van der Waals surface area contributed by atoms with E-state index >= 15 is 0 Å². The number of carbonyl (C=O) groups is 1. The van der Waals surface area contributed by atoms with Gasteiger partial charge in [0.15, 0.2) is 12.4 Å². The normalized spacial score (nSPS) is 10.5. The van der Waals surface area contributed by atoms with Crippen molar-refractivity contribution in [2.45, 2.75) is 34.1 Å². The number of hydrogen-bond acceptors (Lipinski definition) is 2. The van der Waals surface area contributed by atoms with E-state index in [4.69, 9.17) is 4.74 Å². The fourth-order valence-corrected chi connectivity index (χ4v) is 2.29. The third kappa shape index (κ3) is 3.52. The minimum atomic E-state index is 0.0120. The van der Waals surface area contributed by atoms with Crippen LogP contribution in [-0.2, 0) is 6.42 Å². The maximum absolute atomic E-state index is 12.2. The van der Waals surface area contributed by atoms with Gasteiger partial charge in [-0.3, -0.25) is 4.79 Å². The molecule has 0 bridgehead atoms. The number of Topliss-reactive ketones (excluding diaryl/α,β-unsaturated/α-hetero) is 1. The number of carbonyl (C=O) groups excluding carboxylic acids is 1. The second-order valence-electron chi connectivity index (χ2n) is 5.42. The van der Waals surface area contributed by atoms with Gasteiger partial charge in [-0.2, -0.15) is 0 Å². The molecule has 0 aliphatic rings. The molecule has 2 aromatic carbocycles. The Hall–Kier alpha value is -2.09. The molecule has 0 spiro atoms. The highest BCUT2D eigenvalue weighted by Crippen LogP contribution is 2.25. The second-order valence-corrected chi connectivity index (χ2v) is 5.42. The van der Waals surface area contributed by atoms with Crippen LogP contribution >= 0.6 is 0 Å². The molecule has 0 aromatic heterocycles. The van der Waals surface area contributed by atoms with Crippen LogP contribution in [0.5, 0.6) is 5.75 Å². The summed E-state index contributed by atoms with van der Waals surface area (Å²) in [4.78, 5) is 12.2. The van der Waals surface area contributed by atoms with Crippen LogP contribution < -0.4 is 4.74 Å². The van der Waals surface area contributed by atoms with Crippen molar-refractivity contribution in [3.05, 3.63) is 64.2 Å². The first-order chi connectivity index (χ1) is 10.0. The Morgan fingerprint density at radius 1 is 0.952 bits per heavy atom. The van der Waals surface area contributed by atoms with Crippen LogP contribution in [-0.4, -0.2) is 12.4 Å². The molecule has 0 N–H and O–H groups in total. The number of aryl methyl sites for hydroxylation is 3. The maximum Gasteiger partial charge on any atom is 0.200 e. The summed E-state index contributed by atoms with van der Waals surface area (Å²) in [6.45, 7) is 8.26. The fraction of sp³-hybridized carbons (Fsp3) is 0.316. The molecule has 0 atom stereocenters. The Kier molecular flexibility index (Phi) is 4.79. The van der Waals surface area contributed by atoms with Crippen molar-refractivity contribution in [1.29, 1.82) is 0 Å². The first-order valence-electron chi connectivity index (χ1n) is 7.34. The highest BCUT2D eigenvalue weighted by atomic mass is 16.5. The van der Waals surface area contributed by atoms with Crippen LogP contribution in [0, 0.1) is 20.8 Å². The predicted octanol–water partition coefficient (Wildman–Crippen LogP) is 4.44. The van der Waals surface area contributed by atoms with Gasteiger partial charge in [-0.15, -0.1) is 0 Å². The first-order valence-corrected chi connectivity index (χ1v) is 7.34. The van der Waals surface area contributed by atoms with Gasteiger partial charge in [-0.1, -0.05) is 43.3 Å². The molecule has 21 heavy (non-hydrogen) atoms. The van der Waals surface area contributed by atoms with Gasteiger partial charge in [0.25, 0.3) is 0 Å². The standard InChI is InChI=1S/C19H22O2/c1-5-16-8-10-17(11-9-16)18(20)12-21-19-14(3)7-6-13(2)15(19)4/h6-11H,5,12H2,1-4H3. The summed E-state index contributed by atoms with van der Waals surface area (Å²) in [5.41, 5.74) is 5.28. The molecule has 0 aliphatic heterocycles. The van der Waals surface area contributed by atoms with E-state index in [0.29, 0.717) is 5.56 Å². The fourth-order valence-electron chi connectivity index (χ4n) is 2.29. The maximum atomic E-state index is 12.2. The Bertz CT molecular complexity index is 639. The lowest BCUT2D eigenvalue weighted by molar-refractivity contribution is 0.0920. The summed E-state index contributed by atoms with van der Waals surface area (Å²) in [6, 6.07) is 11.8. The van der Waals surface area contributed by atoms with Crippen molar-refractivity contribution in [1.82, 2.24) is 0 Å². The van der Waals surface area contributed by atoms with Gasteiger partial charge in [-0.25, -0.2) is 0 Å². The summed E-state index contributed by atoms with van der Waals surface area (Å²) in [6.07, 6.45) is 0.979. The molecular weight excluding hydrogens is 260 g/mol. The van der Waals surface area contributed by atoms with E-state index in [9.17, 15) is 4.79 Å². The molecule has 0 saturated heterocycles. The van der Waals surface area contributed by atoms with E-state index < -0.39 is 0 Å². The minimum Gasteiger partial charge on any atom is -0.485 e. The molecule has 110 valence electrons. The molecule has 0 heterocycles. The summed E-state index contributed by atoms with van der Waals surface area (Å²) < 4.78 is 5.77.